The zero-order valence-corrected chi connectivity index (χ0v) is 11.5. The summed E-state index contributed by atoms with van der Waals surface area (Å²) in [6.45, 7) is 3.31. The molecule has 5 nitrogen and oxygen atoms in total. The molecule has 0 radical (unpaired) electrons. The highest BCUT2D eigenvalue weighted by atomic mass is 32.2. The molecule has 104 valence electrons. The van der Waals surface area contributed by atoms with Crippen molar-refractivity contribution >= 4 is 15.9 Å². The minimum Gasteiger partial charge on any atom is -0.347 e. The van der Waals surface area contributed by atoms with Gasteiger partial charge in [0, 0.05) is 11.1 Å². The lowest BCUT2D eigenvalue weighted by atomic mass is 10.1. The molecule has 1 amide bonds. The van der Waals surface area contributed by atoms with E-state index in [1.807, 2.05) is 6.92 Å². The van der Waals surface area contributed by atoms with Gasteiger partial charge in [0.25, 0.3) is 5.91 Å². The van der Waals surface area contributed by atoms with Gasteiger partial charge in [-0.3, -0.25) is 4.79 Å². The van der Waals surface area contributed by atoms with E-state index in [9.17, 15) is 17.6 Å². The predicted octanol–water partition coefficient (Wildman–Crippen LogP) is 1.06. The van der Waals surface area contributed by atoms with E-state index in [0.717, 1.165) is 25.0 Å². The molecule has 1 saturated carbocycles. The Morgan fingerprint density at radius 1 is 1.42 bits per heavy atom. The maximum Gasteiger partial charge on any atom is 0.252 e. The molecule has 1 aliphatic carbocycles. The van der Waals surface area contributed by atoms with Crippen molar-refractivity contribution in [2.24, 2.45) is 5.14 Å². The average molecular weight is 286 g/mol. The van der Waals surface area contributed by atoms with Gasteiger partial charge >= 0.3 is 0 Å². The van der Waals surface area contributed by atoms with Gasteiger partial charge < -0.3 is 5.32 Å². The van der Waals surface area contributed by atoms with Crippen molar-refractivity contribution in [1.29, 1.82) is 0 Å². The van der Waals surface area contributed by atoms with Gasteiger partial charge in [0.15, 0.2) is 0 Å². The molecule has 0 heterocycles. The second-order valence-electron chi connectivity index (χ2n) is 5.14. The summed E-state index contributed by atoms with van der Waals surface area (Å²) >= 11 is 0. The van der Waals surface area contributed by atoms with Gasteiger partial charge in [0.05, 0.1) is 4.90 Å². The van der Waals surface area contributed by atoms with Gasteiger partial charge in [0.2, 0.25) is 10.0 Å². The van der Waals surface area contributed by atoms with Crippen molar-refractivity contribution in [2.75, 3.05) is 0 Å². The molecule has 0 saturated heterocycles. The summed E-state index contributed by atoms with van der Waals surface area (Å²) in [5, 5.41) is 7.76. The number of carbonyl (C=O) groups excluding carboxylic acids is 1. The third-order valence-electron chi connectivity index (χ3n) is 3.29. The smallest absolute Gasteiger partial charge is 0.252 e. The van der Waals surface area contributed by atoms with Crippen LogP contribution in [0, 0.1) is 12.7 Å². The van der Waals surface area contributed by atoms with Gasteiger partial charge in [-0.1, -0.05) is 0 Å². The topological polar surface area (TPSA) is 89.3 Å². The Balaban J connectivity index is 2.46. The van der Waals surface area contributed by atoms with Gasteiger partial charge in [-0.15, -0.1) is 0 Å². The van der Waals surface area contributed by atoms with Crippen LogP contribution >= 0.6 is 0 Å². The lowest BCUT2D eigenvalue weighted by molar-refractivity contribution is 0.0934. The molecule has 0 aliphatic heterocycles. The van der Waals surface area contributed by atoms with E-state index in [0.29, 0.717) is 0 Å². The third-order valence-corrected chi connectivity index (χ3v) is 4.33. The Morgan fingerprint density at radius 2 is 2.00 bits per heavy atom. The van der Waals surface area contributed by atoms with Gasteiger partial charge in [-0.25, -0.2) is 17.9 Å². The van der Waals surface area contributed by atoms with E-state index in [4.69, 9.17) is 5.14 Å². The van der Waals surface area contributed by atoms with Gasteiger partial charge in [-0.05, 0) is 44.4 Å². The van der Waals surface area contributed by atoms with Crippen LogP contribution in [0.15, 0.2) is 17.0 Å². The second kappa shape index (κ2) is 4.28. The van der Waals surface area contributed by atoms with Crippen LogP contribution in [-0.4, -0.2) is 19.9 Å². The normalized spacial score (nSPS) is 17.1. The number of nitrogens with two attached hydrogens (primary N) is 1. The van der Waals surface area contributed by atoms with Crippen LogP contribution < -0.4 is 10.5 Å². The van der Waals surface area contributed by atoms with Crippen LogP contribution in [0.1, 0.15) is 35.7 Å². The largest absolute Gasteiger partial charge is 0.347 e. The number of amides is 1. The van der Waals surface area contributed by atoms with Crippen LogP contribution in [0.25, 0.3) is 0 Å². The van der Waals surface area contributed by atoms with Crippen molar-refractivity contribution in [3.8, 4) is 0 Å². The third kappa shape index (κ3) is 2.93. The summed E-state index contributed by atoms with van der Waals surface area (Å²) < 4.78 is 36.2. The first-order chi connectivity index (χ1) is 8.62. The summed E-state index contributed by atoms with van der Waals surface area (Å²) in [5.74, 6) is -1.29. The lowest BCUT2D eigenvalue weighted by Crippen LogP contribution is -2.35. The van der Waals surface area contributed by atoms with Crippen molar-refractivity contribution in [2.45, 2.75) is 37.1 Å². The zero-order valence-electron chi connectivity index (χ0n) is 10.7. The fourth-order valence-electron chi connectivity index (χ4n) is 1.84. The van der Waals surface area contributed by atoms with E-state index < -0.39 is 21.7 Å². The summed E-state index contributed by atoms with van der Waals surface area (Å²) in [6.07, 6.45) is 1.71. The maximum atomic E-state index is 13.4. The molecule has 19 heavy (non-hydrogen) atoms. The minimum absolute atomic E-state index is 0.00264. The first-order valence-corrected chi connectivity index (χ1v) is 7.32. The van der Waals surface area contributed by atoms with E-state index in [-0.39, 0.29) is 21.6 Å². The Kier molecular flexibility index (Phi) is 3.14. The van der Waals surface area contributed by atoms with Crippen LogP contribution in [0.2, 0.25) is 0 Å². The highest BCUT2D eigenvalue weighted by Gasteiger charge is 2.39. The molecule has 0 aromatic heterocycles. The number of sulfonamides is 1. The molecule has 1 aromatic carbocycles. The Morgan fingerprint density at radius 3 is 2.47 bits per heavy atom. The van der Waals surface area contributed by atoms with Gasteiger partial charge in [0.1, 0.15) is 5.82 Å². The Bertz CT molecular complexity index is 651. The van der Waals surface area contributed by atoms with Crippen LogP contribution in [-0.2, 0) is 10.0 Å². The monoisotopic (exact) mass is 286 g/mol. The van der Waals surface area contributed by atoms with Gasteiger partial charge in [-0.2, -0.15) is 0 Å². The molecule has 1 aromatic rings. The van der Waals surface area contributed by atoms with Crippen LogP contribution in [0.3, 0.4) is 0 Å². The van der Waals surface area contributed by atoms with Crippen molar-refractivity contribution in [1.82, 2.24) is 5.32 Å². The highest BCUT2D eigenvalue weighted by molar-refractivity contribution is 7.89. The lowest BCUT2D eigenvalue weighted by Gasteiger charge is -2.14. The average Bonchev–Trinajstić information content (AvgIpc) is 2.97. The van der Waals surface area contributed by atoms with E-state index in [2.05, 4.69) is 5.32 Å². The first-order valence-electron chi connectivity index (χ1n) is 5.78. The number of benzene rings is 1. The summed E-state index contributed by atoms with van der Waals surface area (Å²) in [7, 11) is -4.06. The SMILES string of the molecule is Cc1c(C(=O)NC2(C)CC2)cc(F)cc1S(N)(=O)=O. The van der Waals surface area contributed by atoms with E-state index in [1.54, 1.807) is 0 Å². The van der Waals surface area contributed by atoms with Crippen LogP contribution in [0.4, 0.5) is 4.39 Å². The standard InChI is InChI=1S/C12H15FN2O3S/c1-7-9(11(16)15-12(2)3-4-12)5-8(13)6-10(7)19(14,17)18/h5-6H,3-4H2,1-2H3,(H,15,16)(H2,14,17,18). The number of nitrogens with one attached hydrogen (secondary N) is 1. The molecule has 0 unspecified atom stereocenters. The number of halogens is 1. The molecule has 1 aliphatic rings. The molecule has 2 rings (SSSR count). The highest BCUT2D eigenvalue weighted by Crippen LogP contribution is 2.34. The number of carbonyl (C=O) groups is 1. The zero-order chi connectivity index (χ0) is 14.4. The molecule has 1 fully saturated rings. The molecular weight excluding hydrogens is 271 g/mol. The number of rotatable bonds is 3. The summed E-state index contributed by atoms with van der Waals surface area (Å²) in [5.41, 5.74) is -0.111. The van der Waals surface area contributed by atoms with Crippen molar-refractivity contribution in [3.05, 3.63) is 29.1 Å². The minimum atomic E-state index is -4.06. The number of hydrogen-bond acceptors (Lipinski definition) is 3. The van der Waals surface area contributed by atoms with E-state index in [1.165, 1.54) is 6.92 Å². The number of primary sulfonamides is 1. The fraction of sp³-hybridized carbons (Fsp3) is 0.417. The molecule has 3 N–H and O–H groups in total. The van der Waals surface area contributed by atoms with Crippen LogP contribution in [0.5, 0.6) is 0 Å². The molecule has 0 spiro atoms. The second-order valence-corrected chi connectivity index (χ2v) is 6.67. The summed E-state index contributed by atoms with van der Waals surface area (Å²) in [6, 6.07) is 1.84. The predicted molar refractivity (Wildman–Crippen MR) is 67.6 cm³/mol. The maximum absolute atomic E-state index is 13.4. The number of hydrogen-bond donors (Lipinski definition) is 2. The van der Waals surface area contributed by atoms with Crippen molar-refractivity contribution < 1.29 is 17.6 Å². The molecule has 0 atom stereocenters. The Hall–Kier alpha value is -1.47. The molecular formula is C12H15FN2O3S. The Labute approximate surface area is 111 Å². The summed E-state index contributed by atoms with van der Waals surface area (Å²) in [4.78, 5) is 11.7. The first kappa shape index (κ1) is 14.0. The van der Waals surface area contributed by atoms with E-state index >= 15 is 0 Å². The quantitative estimate of drug-likeness (QED) is 0.870. The van der Waals surface area contributed by atoms with Crippen molar-refractivity contribution in [3.63, 3.8) is 0 Å². The molecule has 0 bridgehead atoms. The molecule has 7 heteroatoms. The fourth-order valence-corrected chi connectivity index (χ4v) is 2.65.